The minimum atomic E-state index is 0.593. The van der Waals surface area contributed by atoms with E-state index >= 15 is 0 Å². The maximum Gasteiger partial charge on any atom is 0.184 e. The van der Waals surface area contributed by atoms with Crippen LogP contribution in [0, 0.1) is 5.92 Å². The monoisotopic (exact) mass is 293 g/mol. The molecule has 0 aliphatic rings. The SMILES string of the molecule is CC(C)CCCCn1nnnc1-c1ccc(Cl)cc1N. The summed E-state index contributed by atoms with van der Waals surface area (Å²) in [6.45, 7) is 5.27. The first-order chi connectivity index (χ1) is 9.58. The average Bonchev–Trinajstić information content (AvgIpc) is 2.82. The van der Waals surface area contributed by atoms with Crippen LogP contribution in [0.25, 0.3) is 11.4 Å². The molecule has 0 saturated carbocycles. The van der Waals surface area contributed by atoms with Gasteiger partial charge in [-0.15, -0.1) is 5.10 Å². The number of rotatable bonds is 6. The highest BCUT2D eigenvalue weighted by Crippen LogP contribution is 2.26. The largest absolute Gasteiger partial charge is 0.398 e. The van der Waals surface area contributed by atoms with Crippen molar-refractivity contribution in [2.24, 2.45) is 5.92 Å². The van der Waals surface area contributed by atoms with Crippen LogP contribution in [0.2, 0.25) is 5.02 Å². The van der Waals surface area contributed by atoms with Gasteiger partial charge in [0, 0.05) is 22.8 Å². The Bertz CT molecular complexity index is 564. The van der Waals surface area contributed by atoms with E-state index in [0.29, 0.717) is 16.5 Å². The molecule has 2 rings (SSSR count). The van der Waals surface area contributed by atoms with Crippen molar-refractivity contribution in [2.75, 3.05) is 5.73 Å². The fraction of sp³-hybridized carbons (Fsp3) is 0.500. The number of aryl methyl sites for hydroxylation is 1. The van der Waals surface area contributed by atoms with Gasteiger partial charge in [0.15, 0.2) is 5.82 Å². The van der Waals surface area contributed by atoms with Crippen molar-refractivity contribution in [1.82, 2.24) is 20.2 Å². The van der Waals surface area contributed by atoms with Crippen molar-refractivity contribution < 1.29 is 0 Å². The molecule has 0 fully saturated rings. The van der Waals surface area contributed by atoms with E-state index in [0.717, 1.165) is 24.4 Å². The highest BCUT2D eigenvalue weighted by molar-refractivity contribution is 6.31. The third kappa shape index (κ3) is 3.70. The number of nitrogen functional groups attached to an aromatic ring is 1. The van der Waals surface area contributed by atoms with Gasteiger partial charge in [-0.1, -0.05) is 38.3 Å². The summed E-state index contributed by atoms with van der Waals surface area (Å²) in [5, 5.41) is 12.5. The van der Waals surface area contributed by atoms with Crippen LogP contribution in [0.5, 0.6) is 0 Å². The first kappa shape index (κ1) is 14.8. The molecule has 0 unspecified atom stereocenters. The Labute approximate surface area is 124 Å². The lowest BCUT2D eigenvalue weighted by atomic mass is 10.1. The van der Waals surface area contributed by atoms with Gasteiger partial charge in [-0.25, -0.2) is 4.68 Å². The first-order valence-electron chi connectivity index (χ1n) is 6.89. The van der Waals surface area contributed by atoms with Crippen LogP contribution in [-0.2, 0) is 6.54 Å². The predicted octanol–water partition coefficient (Wildman–Crippen LogP) is 3.40. The van der Waals surface area contributed by atoms with E-state index in [-0.39, 0.29) is 0 Å². The van der Waals surface area contributed by atoms with Gasteiger partial charge in [-0.2, -0.15) is 0 Å². The molecule has 2 N–H and O–H groups in total. The van der Waals surface area contributed by atoms with E-state index in [9.17, 15) is 0 Å². The zero-order valence-corrected chi connectivity index (χ0v) is 12.6. The molecule has 2 aromatic rings. The lowest BCUT2D eigenvalue weighted by Gasteiger charge is -2.08. The van der Waals surface area contributed by atoms with Gasteiger partial charge in [0.25, 0.3) is 0 Å². The fourth-order valence-electron chi connectivity index (χ4n) is 2.10. The molecule has 0 aliphatic heterocycles. The van der Waals surface area contributed by atoms with Crippen molar-refractivity contribution in [3.8, 4) is 11.4 Å². The fourth-order valence-corrected chi connectivity index (χ4v) is 2.28. The standard InChI is InChI=1S/C14H20ClN5/c1-10(2)5-3-4-8-20-14(17-18-19-20)12-7-6-11(15)9-13(12)16/h6-7,9-10H,3-5,8,16H2,1-2H3. The molecule has 0 atom stereocenters. The van der Waals surface area contributed by atoms with Crippen molar-refractivity contribution in [1.29, 1.82) is 0 Å². The molecule has 0 radical (unpaired) electrons. The summed E-state index contributed by atoms with van der Waals surface area (Å²) in [7, 11) is 0. The van der Waals surface area contributed by atoms with Gasteiger partial charge in [0.05, 0.1) is 0 Å². The lowest BCUT2D eigenvalue weighted by molar-refractivity contribution is 0.487. The summed E-state index contributed by atoms with van der Waals surface area (Å²) < 4.78 is 1.81. The van der Waals surface area contributed by atoms with Crippen LogP contribution in [-0.4, -0.2) is 20.2 Å². The Hall–Kier alpha value is -1.62. The number of hydrogen-bond donors (Lipinski definition) is 1. The molecule has 5 nitrogen and oxygen atoms in total. The third-order valence-electron chi connectivity index (χ3n) is 3.19. The zero-order valence-electron chi connectivity index (χ0n) is 11.9. The number of benzene rings is 1. The normalized spacial score (nSPS) is 11.2. The van der Waals surface area contributed by atoms with Gasteiger partial charge < -0.3 is 5.73 Å². The molecule has 0 bridgehead atoms. The van der Waals surface area contributed by atoms with E-state index in [1.54, 1.807) is 16.8 Å². The number of unbranched alkanes of at least 4 members (excludes halogenated alkanes) is 1. The number of tetrazole rings is 1. The second kappa shape index (κ2) is 6.70. The summed E-state index contributed by atoms with van der Waals surface area (Å²) in [6.07, 6.45) is 3.46. The van der Waals surface area contributed by atoms with E-state index in [1.807, 2.05) is 6.07 Å². The van der Waals surface area contributed by atoms with Crippen LogP contribution in [0.3, 0.4) is 0 Å². The maximum atomic E-state index is 5.98. The van der Waals surface area contributed by atoms with Crippen LogP contribution >= 0.6 is 11.6 Å². The second-order valence-electron chi connectivity index (χ2n) is 5.35. The molecule has 0 spiro atoms. The second-order valence-corrected chi connectivity index (χ2v) is 5.78. The summed E-state index contributed by atoms with van der Waals surface area (Å²) in [4.78, 5) is 0. The Morgan fingerprint density at radius 3 is 2.80 bits per heavy atom. The summed E-state index contributed by atoms with van der Waals surface area (Å²) >= 11 is 5.91. The van der Waals surface area contributed by atoms with E-state index < -0.39 is 0 Å². The van der Waals surface area contributed by atoms with Crippen LogP contribution in [0.4, 0.5) is 5.69 Å². The Morgan fingerprint density at radius 1 is 1.30 bits per heavy atom. The summed E-state index contributed by atoms with van der Waals surface area (Å²) in [5.41, 5.74) is 7.40. The molecule has 6 heteroatoms. The quantitative estimate of drug-likeness (QED) is 0.654. The Kier molecular flexibility index (Phi) is 4.95. The smallest absolute Gasteiger partial charge is 0.184 e. The Balaban J connectivity index is 2.08. The van der Waals surface area contributed by atoms with Crippen molar-refractivity contribution in [2.45, 2.75) is 39.7 Å². The van der Waals surface area contributed by atoms with E-state index in [1.165, 1.54) is 12.8 Å². The lowest BCUT2D eigenvalue weighted by Crippen LogP contribution is -2.05. The zero-order chi connectivity index (χ0) is 14.5. The predicted molar refractivity (Wildman–Crippen MR) is 81.4 cm³/mol. The van der Waals surface area contributed by atoms with Crippen molar-refractivity contribution in [3.05, 3.63) is 23.2 Å². The number of aromatic nitrogens is 4. The molecule has 0 saturated heterocycles. The molecule has 0 aliphatic carbocycles. The molecule has 108 valence electrons. The first-order valence-corrected chi connectivity index (χ1v) is 7.27. The molecular formula is C14H20ClN5. The Morgan fingerprint density at radius 2 is 2.10 bits per heavy atom. The van der Waals surface area contributed by atoms with Gasteiger partial charge in [-0.05, 0) is 41.0 Å². The molecule has 0 amide bonds. The minimum absolute atomic E-state index is 0.593. The van der Waals surface area contributed by atoms with Gasteiger partial charge in [0.2, 0.25) is 0 Å². The molecular weight excluding hydrogens is 274 g/mol. The highest BCUT2D eigenvalue weighted by Gasteiger charge is 2.12. The topological polar surface area (TPSA) is 69.6 Å². The minimum Gasteiger partial charge on any atom is -0.398 e. The van der Waals surface area contributed by atoms with Crippen LogP contribution < -0.4 is 5.73 Å². The van der Waals surface area contributed by atoms with Crippen molar-refractivity contribution in [3.63, 3.8) is 0 Å². The van der Waals surface area contributed by atoms with Crippen LogP contribution in [0.1, 0.15) is 33.1 Å². The van der Waals surface area contributed by atoms with Gasteiger partial charge in [0.1, 0.15) is 0 Å². The van der Waals surface area contributed by atoms with Crippen LogP contribution in [0.15, 0.2) is 18.2 Å². The molecule has 20 heavy (non-hydrogen) atoms. The molecule has 1 aromatic heterocycles. The highest BCUT2D eigenvalue weighted by atomic mass is 35.5. The van der Waals surface area contributed by atoms with E-state index in [2.05, 4.69) is 29.4 Å². The number of halogens is 1. The van der Waals surface area contributed by atoms with Crippen molar-refractivity contribution >= 4 is 17.3 Å². The average molecular weight is 294 g/mol. The number of nitrogens with zero attached hydrogens (tertiary/aromatic N) is 4. The number of anilines is 1. The third-order valence-corrected chi connectivity index (χ3v) is 3.42. The molecule has 1 aromatic carbocycles. The van der Waals surface area contributed by atoms with E-state index in [4.69, 9.17) is 17.3 Å². The molecule has 1 heterocycles. The summed E-state index contributed by atoms with van der Waals surface area (Å²) in [6, 6.07) is 5.37. The number of hydrogen-bond acceptors (Lipinski definition) is 4. The van der Waals surface area contributed by atoms with Gasteiger partial charge >= 0.3 is 0 Å². The van der Waals surface area contributed by atoms with Gasteiger partial charge in [-0.3, -0.25) is 0 Å². The summed E-state index contributed by atoms with van der Waals surface area (Å²) in [5.74, 6) is 1.43. The number of nitrogens with two attached hydrogens (primary N) is 1. The maximum absolute atomic E-state index is 5.98.